The van der Waals surface area contributed by atoms with Crippen molar-refractivity contribution in [3.05, 3.63) is 34.0 Å². The molecule has 3 aliphatic carbocycles. The van der Waals surface area contributed by atoms with Crippen LogP contribution in [0.4, 0.5) is 0 Å². The Bertz CT molecular complexity index is 871. The lowest BCUT2D eigenvalue weighted by Gasteiger charge is -2.26. The van der Waals surface area contributed by atoms with Gasteiger partial charge in [-0.2, -0.15) is 0 Å². The van der Waals surface area contributed by atoms with Crippen LogP contribution in [-0.2, 0) is 17.6 Å². The molecule has 2 saturated carbocycles. The molecule has 1 amide bonds. The minimum absolute atomic E-state index is 0.256. The van der Waals surface area contributed by atoms with Crippen LogP contribution in [0, 0.1) is 24.7 Å². The molecule has 1 aromatic heterocycles. The van der Waals surface area contributed by atoms with Crippen molar-refractivity contribution in [3.8, 4) is 0 Å². The number of aryl methyl sites for hydroxylation is 2. The normalized spacial score (nSPS) is 29.9. The molecule has 1 heterocycles. The fraction of sp³-hybridized carbons (Fsp3) is 0.591. The third kappa shape index (κ3) is 2.85. The summed E-state index contributed by atoms with van der Waals surface area (Å²) >= 11 is 6.29. The Hall–Kier alpha value is -1.48. The highest BCUT2D eigenvalue weighted by Gasteiger charge is 2.40. The smallest absolute Gasteiger partial charge is 0.220 e. The molecule has 0 spiro atoms. The van der Waals surface area contributed by atoms with Crippen molar-refractivity contribution in [2.75, 3.05) is 0 Å². The lowest BCUT2D eigenvalue weighted by atomic mass is 9.86. The number of aromatic amines is 1. The van der Waals surface area contributed by atoms with Crippen molar-refractivity contribution in [3.63, 3.8) is 0 Å². The third-order valence-electron chi connectivity index (χ3n) is 7.16. The minimum Gasteiger partial charge on any atom is -0.358 e. The second-order valence-electron chi connectivity index (χ2n) is 8.87. The summed E-state index contributed by atoms with van der Waals surface area (Å²) in [5, 5.41) is 5.37. The van der Waals surface area contributed by atoms with Gasteiger partial charge in [0.15, 0.2) is 0 Å². The van der Waals surface area contributed by atoms with Crippen molar-refractivity contribution in [2.45, 2.75) is 64.3 Å². The van der Waals surface area contributed by atoms with E-state index in [0.29, 0.717) is 5.92 Å². The molecule has 0 saturated heterocycles. The number of halogens is 1. The molecule has 2 aromatic rings. The van der Waals surface area contributed by atoms with Gasteiger partial charge in [0.2, 0.25) is 5.91 Å². The van der Waals surface area contributed by atoms with E-state index < -0.39 is 0 Å². The Morgan fingerprint density at radius 2 is 2.15 bits per heavy atom. The first-order valence-electron chi connectivity index (χ1n) is 10.2. The number of aromatic nitrogens is 1. The van der Waals surface area contributed by atoms with Gasteiger partial charge >= 0.3 is 0 Å². The van der Waals surface area contributed by atoms with E-state index in [1.807, 2.05) is 6.07 Å². The Morgan fingerprint density at radius 1 is 1.27 bits per heavy atom. The van der Waals surface area contributed by atoms with Crippen LogP contribution in [-0.4, -0.2) is 16.9 Å². The quantitative estimate of drug-likeness (QED) is 0.790. The van der Waals surface area contributed by atoms with Gasteiger partial charge in [-0.1, -0.05) is 18.0 Å². The first-order chi connectivity index (χ1) is 12.6. The third-order valence-corrected chi connectivity index (χ3v) is 7.37. The highest BCUT2D eigenvalue weighted by Crippen LogP contribution is 2.49. The molecule has 2 fully saturated rings. The molecule has 0 unspecified atom stereocenters. The van der Waals surface area contributed by atoms with E-state index in [4.69, 9.17) is 11.6 Å². The SMILES string of the molecule is Cc1cc(Cl)cc2c3c([nH]c12)CC[C@@H](NC(=O)C[C@@H]1C[C@@H]2CC[C@H]1C2)C3. The van der Waals surface area contributed by atoms with E-state index in [1.165, 1.54) is 53.4 Å². The summed E-state index contributed by atoms with van der Waals surface area (Å²) < 4.78 is 0. The lowest BCUT2D eigenvalue weighted by molar-refractivity contribution is -0.123. The average molecular weight is 371 g/mol. The number of carbonyl (C=O) groups excluding carboxylic acids is 1. The van der Waals surface area contributed by atoms with Gasteiger partial charge in [0, 0.05) is 34.1 Å². The number of amides is 1. The highest BCUT2D eigenvalue weighted by molar-refractivity contribution is 6.31. The number of hydrogen-bond donors (Lipinski definition) is 2. The zero-order valence-corrected chi connectivity index (χ0v) is 16.2. The largest absolute Gasteiger partial charge is 0.358 e. The number of hydrogen-bond acceptors (Lipinski definition) is 1. The van der Waals surface area contributed by atoms with Gasteiger partial charge in [-0.3, -0.25) is 4.79 Å². The fourth-order valence-corrected chi connectivity index (χ4v) is 6.20. The molecular weight excluding hydrogens is 344 g/mol. The topological polar surface area (TPSA) is 44.9 Å². The zero-order valence-electron chi connectivity index (χ0n) is 15.4. The molecule has 26 heavy (non-hydrogen) atoms. The summed E-state index contributed by atoms with van der Waals surface area (Å²) in [6.07, 6.45) is 9.09. The van der Waals surface area contributed by atoms with Crippen molar-refractivity contribution < 1.29 is 4.79 Å². The minimum atomic E-state index is 0.256. The van der Waals surface area contributed by atoms with Gasteiger partial charge in [0.25, 0.3) is 0 Å². The van der Waals surface area contributed by atoms with Crippen molar-refractivity contribution in [1.29, 1.82) is 0 Å². The number of fused-ring (bicyclic) bond motifs is 5. The number of carbonyl (C=O) groups is 1. The maximum Gasteiger partial charge on any atom is 0.220 e. The van der Waals surface area contributed by atoms with Gasteiger partial charge in [0.1, 0.15) is 0 Å². The summed E-state index contributed by atoms with van der Waals surface area (Å²) in [6.45, 7) is 2.10. The van der Waals surface area contributed by atoms with E-state index >= 15 is 0 Å². The highest BCUT2D eigenvalue weighted by atomic mass is 35.5. The Kier molecular flexibility index (Phi) is 4.04. The molecule has 138 valence electrons. The number of benzene rings is 1. The van der Waals surface area contributed by atoms with E-state index in [0.717, 1.165) is 42.5 Å². The second kappa shape index (κ2) is 6.30. The first-order valence-corrected chi connectivity index (χ1v) is 10.5. The average Bonchev–Trinajstić information content (AvgIpc) is 3.29. The molecule has 1 aromatic carbocycles. The predicted octanol–water partition coefficient (Wildman–Crippen LogP) is 4.93. The molecular formula is C22H27ClN2O. The van der Waals surface area contributed by atoms with Gasteiger partial charge < -0.3 is 10.3 Å². The molecule has 3 aliphatic rings. The molecule has 2 bridgehead atoms. The van der Waals surface area contributed by atoms with Gasteiger partial charge in [-0.25, -0.2) is 0 Å². The summed E-state index contributed by atoms with van der Waals surface area (Å²) in [4.78, 5) is 16.2. The van der Waals surface area contributed by atoms with Crippen molar-refractivity contribution in [1.82, 2.24) is 10.3 Å². The van der Waals surface area contributed by atoms with E-state index in [-0.39, 0.29) is 11.9 Å². The Morgan fingerprint density at radius 3 is 2.92 bits per heavy atom. The predicted molar refractivity (Wildman–Crippen MR) is 106 cm³/mol. The fourth-order valence-electron chi connectivity index (χ4n) is 5.92. The molecule has 4 heteroatoms. The maximum atomic E-state index is 12.6. The summed E-state index contributed by atoms with van der Waals surface area (Å²) in [5.74, 6) is 2.64. The first kappa shape index (κ1) is 16.7. The van der Waals surface area contributed by atoms with Gasteiger partial charge in [0.05, 0.1) is 0 Å². The molecule has 0 radical (unpaired) electrons. The van der Waals surface area contributed by atoms with Crippen LogP contribution < -0.4 is 5.32 Å². The van der Waals surface area contributed by atoms with Crippen LogP contribution in [0.25, 0.3) is 10.9 Å². The monoisotopic (exact) mass is 370 g/mol. The van der Waals surface area contributed by atoms with Crippen molar-refractivity contribution >= 4 is 28.4 Å². The van der Waals surface area contributed by atoms with Crippen LogP contribution in [0.2, 0.25) is 5.02 Å². The van der Waals surface area contributed by atoms with E-state index in [9.17, 15) is 4.79 Å². The van der Waals surface area contributed by atoms with E-state index in [1.54, 1.807) is 0 Å². The zero-order chi connectivity index (χ0) is 17.8. The van der Waals surface area contributed by atoms with Crippen LogP contribution in [0.15, 0.2) is 12.1 Å². The number of rotatable bonds is 3. The van der Waals surface area contributed by atoms with Crippen molar-refractivity contribution in [2.24, 2.45) is 17.8 Å². The van der Waals surface area contributed by atoms with E-state index in [2.05, 4.69) is 23.3 Å². The maximum absolute atomic E-state index is 12.6. The Labute approximate surface area is 159 Å². The second-order valence-corrected chi connectivity index (χ2v) is 9.31. The molecule has 2 N–H and O–H groups in total. The standard InChI is InChI=1S/C22H27ClN2O/c1-12-6-16(23)10-19-18-11-17(4-5-20(18)25-22(12)19)24-21(26)9-15-8-13-2-3-14(15)7-13/h6,10,13-15,17,25H,2-5,7-9,11H2,1H3,(H,24,26)/t13-,14+,15+,17-/m1/s1. The number of H-pyrrole nitrogens is 1. The molecule has 3 nitrogen and oxygen atoms in total. The van der Waals surface area contributed by atoms with Crippen LogP contribution in [0.1, 0.15) is 55.3 Å². The van der Waals surface area contributed by atoms with Crippen LogP contribution in [0.3, 0.4) is 0 Å². The summed E-state index contributed by atoms with van der Waals surface area (Å²) in [5.41, 5.74) is 5.07. The molecule has 4 atom stereocenters. The number of nitrogens with one attached hydrogen (secondary N) is 2. The van der Waals surface area contributed by atoms with Gasteiger partial charge in [-0.15, -0.1) is 0 Å². The lowest BCUT2D eigenvalue weighted by Crippen LogP contribution is -2.39. The summed E-state index contributed by atoms with van der Waals surface area (Å²) in [6, 6.07) is 4.34. The van der Waals surface area contributed by atoms with Crippen LogP contribution >= 0.6 is 11.6 Å². The molecule has 0 aliphatic heterocycles. The Balaban J connectivity index is 1.29. The molecule has 5 rings (SSSR count). The summed E-state index contributed by atoms with van der Waals surface area (Å²) in [7, 11) is 0. The van der Waals surface area contributed by atoms with Crippen LogP contribution in [0.5, 0.6) is 0 Å². The van der Waals surface area contributed by atoms with Gasteiger partial charge in [-0.05, 0) is 86.5 Å².